The highest BCUT2D eigenvalue weighted by molar-refractivity contribution is 7.17. The third-order valence-corrected chi connectivity index (χ3v) is 4.98. The quantitative estimate of drug-likeness (QED) is 0.764. The molecule has 25 heavy (non-hydrogen) atoms. The van der Waals surface area contributed by atoms with Gasteiger partial charge in [0.05, 0.1) is 5.69 Å². The van der Waals surface area contributed by atoms with E-state index in [-0.39, 0.29) is 5.91 Å². The van der Waals surface area contributed by atoms with Crippen LogP contribution >= 0.6 is 11.3 Å². The maximum atomic E-state index is 12.4. The minimum absolute atomic E-state index is 0.284. The van der Waals surface area contributed by atoms with Crippen LogP contribution in [0.3, 0.4) is 0 Å². The van der Waals surface area contributed by atoms with Gasteiger partial charge in [-0.3, -0.25) is 4.79 Å². The zero-order valence-corrected chi connectivity index (χ0v) is 15.9. The molecule has 2 aromatic rings. The summed E-state index contributed by atoms with van der Waals surface area (Å²) >= 11 is 1.29. The zero-order chi connectivity index (χ0) is 18.4. The Hall–Kier alpha value is -2.21. The Kier molecular flexibility index (Phi) is 6.70. The van der Waals surface area contributed by atoms with Gasteiger partial charge in [-0.2, -0.15) is 0 Å². The predicted octanol–water partition coefficient (Wildman–Crippen LogP) is 3.75. The van der Waals surface area contributed by atoms with Gasteiger partial charge in [0.1, 0.15) is 9.88 Å². The van der Waals surface area contributed by atoms with Crippen LogP contribution in [-0.4, -0.2) is 29.5 Å². The molecule has 2 rings (SSSR count). The fourth-order valence-corrected chi connectivity index (χ4v) is 3.21. The molecule has 0 saturated carbocycles. The number of thiazole rings is 1. The molecule has 0 bridgehead atoms. The maximum absolute atomic E-state index is 12.4. The average Bonchev–Trinajstić information content (AvgIpc) is 3.01. The van der Waals surface area contributed by atoms with Crippen LogP contribution in [0.4, 0.5) is 0 Å². The molecule has 0 saturated heterocycles. The molecule has 1 N–H and O–H groups in total. The van der Waals surface area contributed by atoms with Crippen LogP contribution in [0, 0.1) is 6.92 Å². The third-order valence-electron chi connectivity index (χ3n) is 3.79. The minimum Gasteiger partial charge on any atom is -0.448 e. The fraction of sp³-hybridized carbons (Fsp3) is 0.421. The molecule has 0 radical (unpaired) electrons. The lowest BCUT2D eigenvalue weighted by molar-refractivity contribution is -0.129. The van der Waals surface area contributed by atoms with E-state index in [1.165, 1.54) is 16.9 Å². The van der Waals surface area contributed by atoms with E-state index < -0.39 is 12.1 Å². The van der Waals surface area contributed by atoms with Gasteiger partial charge in [0.15, 0.2) is 6.10 Å². The van der Waals surface area contributed by atoms with E-state index in [2.05, 4.69) is 29.4 Å². The molecule has 0 fully saturated rings. The van der Waals surface area contributed by atoms with Crippen molar-refractivity contribution in [3.63, 3.8) is 0 Å². The molecule has 1 aromatic carbocycles. The monoisotopic (exact) mass is 360 g/mol. The second kappa shape index (κ2) is 8.76. The van der Waals surface area contributed by atoms with Crippen LogP contribution < -0.4 is 5.32 Å². The lowest BCUT2D eigenvalue weighted by Crippen LogP contribution is -2.36. The number of carbonyl (C=O) groups is 2. The molecule has 0 unspecified atom stereocenters. The molecular weight excluding hydrogens is 336 g/mol. The number of nitrogens with one attached hydrogen (secondary N) is 1. The Morgan fingerprint density at radius 1 is 1.24 bits per heavy atom. The molecule has 5 nitrogen and oxygen atoms in total. The van der Waals surface area contributed by atoms with E-state index in [0.717, 1.165) is 23.4 Å². The molecule has 1 atom stereocenters. The van der Waals surface area contributed by atoms with Crippen LogP contribution in [0.5, 0.6) is 0 Å². The molecule has 134 valence electrons. The first kappa shape index (κ1) is 19.1. The number of rotatable bonds is 7. The molecule has 1 amide bonds. The van der Waals surface area contributed by atoms with Crippen LogP contribution in [0.15, 0.2) is 24.3 Å². The highest BCUT2D eigenvalue weighted by atomic mass is 32.1. The number of nitrogens with zero attached hydrogens (tertiary/aromatic N) is 1. The summed E-state index contributed by atoms with van der Waals surface area (Å²) in [5.41, 5.74) is 2.84. The summed E-state index contributed by atoms with van der Waals surface area (Å²) in [6, 6.07) is 8.13. The summed E-state index contributed by atoms with van der Waals surface area (Å²) < 4.78 is 5.28. The zero-order valence-electron chi connectivity index (χ0n) is 15.1. The largest absolute Gasteiger partial charge is 0.448 e. The van der Waals surface area contributed by atoms with Gasteiger partial charge in [-0.05, 0) is 32.3 Å². The van der Waals surface area contributed by atoms with Crippen molar-refractivity contribution >= 4 is 23.2 Å². The molecule has 6 heteroatoms. The van der Waals surface area contributed by atoms with Gasteiger partial charge in [0.25, 0.3) is 5.91 Å². The van der Waals surface area contributed by atoms with Gasteiger partial charge in [0.2, 0.25) is 0 Å². The van der Waals surface area contributed by atoms with Crippen molar-refractivity contribution in [2.75, 3.05) is 6.54 Å². The van der Waals surface area contributed by atoms with E-state index >= 15 is 0 Å². The number of aromatic nitrogens is 1. The van der Waals surface area contributed by atoms with E-state index in [1.54, 1.807) is 13.8 Å². The number of aryl methyl sites for hydroxylation is 2. The number of ether oxygens (including phenoxy) is 1. The first-order valence-corrected chi connectivity index (χ1v) is 9.33. The topological polar surface area (TPSA) is 68.3 Å². The summed E-state index contributed by atoms with van der Waals surface area (Å²) in [5.74, 6) is -0.793. The average molecular weight is 360 g/mol. The number of benzene rings is 1. The maximum Gasteiger partial charge on any atom is 0.351 e. The number of amides is 1. The van der Waals surface area contributed by atoms with Crippen molar-refractivity contribution in [2.24, 2.45) is 0 Å². The van der Waals surface area contributed by atoms with Crippen molar-refractivity contribution in [3.05, 3.63) is 40.4 Å². The van der Waals surface area contributed by atoms with Crippen LogP contribution in [0.25, 0.3) is 10.6 Å². The summed E-state index contributed by atoms with van der Waals surface area (Å²) in [4.78, 5) is 29.1. The number of hydrogen-bond acceptors (Lipinski definition) is 5. The standard InChI is InChI=1S/C19H24N2O3S/c1-5-11-20-17(22)13(4)24-19(23)16-12(3)21-18(25-16)15-9-7-14(6-2)8-10-15/h7-10,13H,5-6,11H2,1-4H3,(H,20,22)/t13-/m0/s1. The lowest BCUT2D eigenvalue weighted by atomic mass is 10.1. The van der Waals surface area contributed by atoms with Crippen molar-refractivity contribution in [2.45, 2.75) is 46.6 Å². The van der Waals surface area contributed by atoms with Crippen molar-refractivity contribution < 1.29 is 14.3 Å². The van der Waals surface area contributed by atoms with Gasteiger partial charge in [-0.25, -0.2) is 9.78 Å². The molecule has 0 aliphatic rings. The molecule has 1 heterocycles. The van der Waals surface area contributed by atoms with Gasteiger partial charge in [0, 0.05) is 12.1 Å². The Morgan fingerprint density at radius 3 is 2.52 bits per heavy atom. The Bertz CT molecular complexity index is 738. The summed E-state index contributed by atoms with van der Waals surface area (Å²) in [7, 11) is 0. The van der Waals surface area contributed by atoms with E-state index in [1.807, 2.05) is 19.1 Å². The van der Waals surface area contributed by atoms with Gasteiger partial charge in [-0.1, -0.05) is 38.1 Å². The highest BCUT2D eigenvalue weighted by Crippen LogP contribution is 2.29. The highest BCUT2D eigenvalue weighted by Gasteiger charge is 2.22. The van der Waals surface area contributed by atoms with Crippen molar-refractivity contribution in [3.8, 4) is 10.6 Å². The van der Waals surface area contributed by atoms with Crippen LogP contribution in [0.1, 0.15) is 48.1 Å². The second-order valence-corrected chi connectivity index (χ2v) is 6.82. The van der Waals surface area contributed by atoms with Crippen molar-refractivity contribution in [1.29, 1.82) is 0 Å². The SMILES string of the molecule is CCCNC(=O)[C@H](C)OC(=O)c1sc(-c2ccc(CC)cc2)nc1C. The molecule has 0 aliphatic heterocycles. The summed E-state index contributed by atoms with van der Waals surface area (Å²) in [5, 5.41) is 3.49. The molecule has 0 aliphatic carbocycles. The van der Waals surface area contributed by atoms with Crippen LogP contribution in [0.2, 0.25) is 0 Å². The Labute approximate surface area is 152 Å². The number of carbonyl (C=O) groups excluding carboxylic acids is 2. The fourth-order valence-electron chi connectivity index (χ4n) is 2.25. The van der Waals surface area contributed by atoms with Crippen LogP contribution in [-0.2, 0) is 16.0 Å². The Morgan fingerprint density at radius 2 is 1.92 bits per heavy atom. The Balaban J connectivity index is 2.10. The smallest absolute Gasteiger partial charge is 0.351 e. The predicted molar refractivity (Wildman–Crippen MR) is 99.8 cm³/mol. The molecular formula is C19H24N2O3S. The summed E-state index contributed by atoms with van der Waals surface area (Å²) in [6.07, 6.45) is 0.987. The van der Waals surface area contributed by atoms with Gasteiger partial charge in [-0.15, -0.1) is 11.3 Å². The number of esters is 1. The second-order valence-electron chi connectivity index (χ2n) is 5.82. The normalized spacial score (nSPS) is 11.8. The third kappa shape index (κ3) is 4.89. The molecule has 0 spiro atoms. The summed E-state index contributed by atoms with van der Waals surface area (Å²) in [6.45, 7) is 7.99. The van der Waals surface area contributed by atoms with Gasteiger partial charge < -0.3 is 10.1 Å². The molecule has 1 aromatic heterocycles. The van der Waals surface area contributed by atoms with E-state index in [9.17, 15) is 9.59 Å². The number of hydrogen-bond donors (Lipinski definition) is 1. The first-order valence-electron chi connectivity index (χ1n) is 8.51. The van der Waals surface area contributed by atoms with E-state index in [4.69, 9.17) is 4.74 Å². The first-order chi connectivity index (χ1) is 12.0. The van der Waals surface area contributed by atoms with Gasteiger partial charge >= 0.3 is 5.97 Å². The van der Waals surface area contributed by atoms with E-state index in [0.29, 0.717) is 17.1 Å². The van der Waals surface area contributed by atoms with Crippen molar-refractivity contribution in [1.82, 2.24) is 10.3 Å². The lowest BCUT2D eigenvalue weighted by Gasteiger charge is -2.12. The minimum atomic E-state index is -0.826.